The van der Waals surface area contributed by atoms with Crippen LogP contribution in [-0.2, 0) is 11.2 Å². The molecule has 0 atom stereocenters. The summed E-state index contributed by atoms with van der Waals surface area (Å²) in [5, 5.41) is 0. The summed E-state index contributed by atoms with van der Waals surface area (Å²) in [6.07, 6.45) is 1.57. The molecule has 1 saturated heterocycles. The van der Waals surface area contributed by atoms with Gasteiger partial charge in [0.15, 0.2) is 5.78 Å². The SMILES string of the molecule is O=C(Cc1ccc(F)cc1)CN1CCCSCC1. The fraction of sp³-hybridized carbons (Fsp3) is 0.500. The molecule has 1 aliphatic heterocycles. The van der Waals surface area contributed by atoms with E-state index in [0.29, 0.717) is 13.0 Å². The third-order valence-corrected chi connectivity index (χ3v) is 4.08. The zero-order chi connectivity index (χ0) is 12.8. The van der Waals surface area contributed by atoms with E-state index in [9.17, 15) is 9.18 Å². The van der Waals surface area contributed by atoms with Gasteiger partial charge in [0, 0.05) is 18.7 Å². The molecule has 18 heavy (non-hydrogen) atoms. The number of halogens is 1. The van der Waals surface area contributed by atoms with Gasteiger partial charge in [-0.15, -0.1) is 0 Å². The topological polar surface area (TPSA) is 20.3 Å². The molecular weight excluding hydrogens is 249 g/mol. The molecule has 0 radical (unpaired) electrons. The molecule has 0 aliphatic carbocycles. The maximum atomic E-state index is 12.7. The second-order valence-electron chi connectivity index (χ2n) is 4.58. The van der Waals surface area contributed by atoms with Crippen LogP contribution in [0.25, 0.3) is 0 Å². The first-order valence-corrected chi connectivity index (χ1v) is 7.46. The van der Waals surface area contributed by atoms with Crippen LogP contribution >= 0.6 is 11.8 Å². The van der Waals surface area contributed by atoms with Crippen molar-refractivity contribution in [2.75, 3.05) is 31.1 Å². The summed E-state index contributed by atoms with van der Waals surface area (Å²) >= 11 is 1.96. The first-order chi connectivity index (χ1) is 8.74. The first-order valence-electron chi connectivity index (χ1n) is 6.30. The molecule has 1 aliphatic rings. The fourth-order valence-electron chi connectivity index (χ4n) is 2.09. The van der Waals surface area contributed by atoms with Crippen molar-refractivity contribution in [3.05, 3.63) is 35.6 Å². The second-order valence-corrected chi connectivity index (χ2v) is 5.81. The molecular formula is C14H18FNOS. The van der Waals surface area contributed by atoms with Crippen LogP contribution < -0.4 is 0 Å². The highest BCUT2D eigenvalue weighted by atomic mass is 32.2. The van der Waals surface area contributed by atoms with E-state index in [4.69, 9.17) is 0 Å². The summed E-state index contributed by atoms with van der Waals surface area (Å²) < 4.78 is 12.7. The number of nitrogens with zero attached hydrogens (tertiary/aromatic N) is 1. The van der Waals surface area contributed by atoms with Crippen LogP contribution in [0.5, 0.6) is 0 Å². The Morgan fingerprint density at radius 1 is 1.22 bits per heavy atom. The lowest BCUT2D eigenvalue weighted by atomic mass is 10.1. The van der Waals surface area contributed by atoms with E-state index in [-0.39, 0.29) is 11.6 Å². The predicted molar refractivity (Wildman–Crippen MR) is 73.5 cm³/mol. The molecule has 98 valence electrons. The molecule has 0 unspecified atom stereocenters. The number of benzene rings is 1. The Balaban J connectivity index is 1.82. The summed E-state index contributed by atoms with van der Waals surface area (Å²) in [6, 6.07) is 6.19. The molecule has 2 rings (SSSR count). The van der Waals surface area contributed by atoms with Gasteiger partial charge in [-0.2, -0.15) is 11.8 Å². The highest BCUT2D eigenvalue weighted by Crippen LogP contribution is 2.10. The van der Waals surface area contributed by atoms with Crippen molar-refractivity contribution in [3.8, 4) is 0 Å². The molecule has 0 aromatic heterocycles. The number of Topliss-reactive ketones (excluding diaryl/α,β-unsaturated/α-hetero) is 1. The number of hydrogen-bond acceptors (Lipinski definition) is 3. The fourth-order valence-corrected chi connectivity index (χ4v) is 3.02. The predicted octanol–water partition coefficient (Wildman–Crippen LogP) is 2.38. The van der Waals surface area contributed by atoms with E-state index >= 15 is 0 Å². The van der Waals surface area contributed by atoms with Gasteiger partial charge in [-0.1, -0.05) is 12.1 Å². The van der Waals surface area contributed by atoms with Gasteiger partial charge in [-0.25, -0.2) is 4.39 Å². The smallest absolute Gasteiger partial charge is 0.151 e. The van der Waals surface area contributed by atoms with Crippen molar-refractivity contribution in [3.63, 3.8) is 0 Å². The van der Waals surface area contributed by atoms with Crippen LogP contribution in [-0.4, -0.2) is 41.8 Å². The van der Waals surface area contributed by atoms with E-state index < -0.39 is 0 Å². The molecule has 0 bridgehead atoms. The molecule has 0 amide bonds. The highest BCUT2D eigenvalue weighted by Gasteiger charge is 2.13. The number of carbonyl (C=O) groups is 1. The molecule has 1 heterocycles. The van der Waals surface area contributed by atoms with Crippen molar-refractivity contribution in [1.82, 2.24) is 4.90 Å². The van der Waals surface area contributed by atoms with Gasteiger partial charge in [-0.05, 0) is 36.4 Å². The van der Waals surface area contributed by atoms with Crippen LogP contribution in [0.4, 0.5) is 4.39 Å². The standard InChI is InChI=1S/C14H18FNOS/c15-13-4-2-12(3-5-13)10-14(17)11-16-6-1-8-18-9-7-16/h2-5H,1,6-11H2. The zero-order valence-electron chi connectivity index (χ0n) is 10.4. The van der Waals surface area contributed by atoms with Gasteiger partial charge >= 0.3 is 0 Å². The highest BCUT2D eigenvalue weighted by molar-refractivity contribution is 7.99. The first kappa shape index (κ1) is 13.6. The molecule has 0 spiro atoms. The van der Waals surface area contributed by atoms with E-state index in [1.54, 1.807) is 12.1 Å². The lowest BCUT2D eigenvalue weighted by molar-refractivity contribution is -0.119. The van der Waals surface area contributed by atoms with Crippen LogP contribution in [0.1, 0.15) is 12.0 Å². The van der Waals surface area contributed by atoms with E-state index in [2.05, 4.69) is 4.90 Å². The van der Waals surface area contributed by atoms with Gasteiger partial charge in [0.1, 0.15) is 5.82 Å². The minimum Gasteiger partial charge on any atom is -0.298 e. The molecule has 1 aromatic rings. The molecule has 2 nitrogen and oxygen atoms in total. The normalized spacial score (nSPS) is 17.4. The molecule has 0 N–H and O–H groups in total. The average Bonchev–Trinajstić information content (AvgIpc) is 2.61. The summed E-state index contributed by atoms with van der Waals surface area (Å²) in [7, 11) is 0. The average molecular weight is 267 g/mol. The van der Waals surface area contributed by atoms with Crippen molar-refractivity contribution in [1.29, 1.82) is 0 Å². The number of thioether (sulfide) groups is 1. The van der Waals surface area contributed by atoms with Crippen molar-refractivity contribution < 1.29 is 9.18 Å². The monoisotopic (exact) mass is 267 g/mol. The number of carbonyl (C=O) groups excluding carboxylic acids is 1. The van der Waals surface area contributed by atoms with Crippen LogP contribution in [0.15, 0.2) is 24.3 Å². The molecule has 1 aromatic carbocycles. The lowest BCUT2D eigenvalue weighted by Crippen LogP contribution is -2.32. The minimum absolute atomic E-state index is 0.216. The second kappa shape index (κ2) is 6.90. The summed E-state index contributed by atoms with van der Waals surface area (Å²) in [6.45, 7) is 2.54. The molecule has 0 saturated carbocycles. The van der Waals surface area contributed by atoms with E-state index in [1.165, 1.54) is 17.9 Å². The van der Waals surface area contributed by atoms with Gasteiger partial charge in [-0.3, -0.25) is 9.69 Å². The van der Waals surface area contributed by atoms with Gasteiger partial charge in [0.05, 0.1) is 6.54 Å². The Labute approximate surface area is 112 Å². The van der Waals surface area contributed by atoms with Crippen LogP contribution in [0.3, 0.4) is 0 Å². The summed E-state index contributed by atoms with van der Waals surface area (Å²) in [4.78, 5) is 14.2. The summed E-state index contributed by atoms with van der Waals surface area (Å²) in [5.41, 5.74) is 0.894. The number of ketones is 1. The third-order valence-electron chi connectivity index (χ3n) is 3.03. The number of hydrogen-bond donors (Lipinski definition) is 0. The Hall–Kier alpha value is -0.870. The largest absolute Gasteiger partial charge is 0.298 e. The van der Waals surface area contributed by atoms with Gasteiger partial charge in [0.25, 0.3) is 0 Å². The van der Waals surface area contributed by atoms with Crippen molar-refractivity contribution >= 4 is 17.5 Å². The quantitative estimate of drug-likeness (QED) is 0.835. The Kier molecular flexibility index (Phi) is 5.20. The zero-order valence-corrected chi connectivity index (χ0v) is 11.2. The van der Waals surface area contributed by atoms with E-state index in [0.717, 1.165) is 30.8 Å². The third kappa shape index (κ3) is 4.42. The lowest BCUT2D eigenvalue weighted by Gasteiger charge is -2.18. The number of rotatable bonds is 4. The molecule has 4 heteroatoms. The Morgan fingerprint density at radius 2 is 2.00 bits per heavy atom. The van der Waals surface area contributed by atoms with Crippen LogP contribution in [0, 0.1) is 5.82 Å². The van der Waals surface area contributed by atoms with Gasteiger partial charge in [0.2, 0.25) is 0 Å². The maximum Gasteiger partial charge on any atom is 0.151 e. The molecule has 1 fully saturated rings. The minimum atomic E-state index is -0.254. The maximum absolute atomic E-state index is 12.7. The Bertz CT molecular complexity index is 385. The van der Waals surface area contributed by atoms with Crippen LogP contribution in [0.2, 0.25) is 0 Å². The summed E-state index contributed by atoms with van der Waals surface area (Å²) in [5.74, 6) is 2.27. The van der Waals surface area contributed by atoms with Gasteiger partial charge < -0.3 is 0 Å². The van der Waals surface area contributed by atoms with Crippen molar-refractivity contribution in [2.24, 2.45) is 0 Å². The van der Waals surface area contributed by atoms with E-state index in [1.807, 2.05) is 11.8 Å². The van der Waals surface area contributed by atoms with Crippen molar-refractivity contribution in [2.45, 2.75) is 12.8 Å². The Morgan fingerprint density at radius 3 is 2.78 bits per heavy atom.